The molecule has 0 radical (unpaired) electrons. The van der Waals surface area contributed by atoms with Gasteiger partial charge in [-0.2, -0.15) is 0 Å². The van der Waals surface area contributed by atoms with E-state index in [-0.39, 0.29) is 11.7 Å². The van der Waals surface area contributed by atoms with Crippen molar-refractivity contribution in [3.8, 4) is 0 Å². The highest BCUT2D eigenvalue weighted by atomic mass is 16.4. The number of nitrogens with zero attached hydrogens (tertiary/aromatic N) is 1. The van der Waals surface area contributed by atoms with Gasteiger partial charge >= 0.3 is 0 Å². The van der Waals surface area contributed by atoms with E-state index in [0.717, 1.165) is 27.6 Å². The van der Waals surface area contributed by atoms with E-state index in [4.69, 9.17) is 8.83 Å². The van der Waals surface area contributed by atoms with Crippen molar-refractivity contribution < 1.29 is 13.6 Å². The van der Waals surface area contributed by atoms with Gasteiger partial charge in [0.2, 0.25) is 0 Å². The monoisotopic (exact) mass is 382 g/mol. The zero-order chi connectivity index (χ0) is 19.8. The molecule has 29 heavy (non-hydrogen) atoms. The quantitative estimate of drug-likeness (QED) is 0.431. The van der Waals surface area contributed by atoms with Crippen molar-refractivity contribution in [2.45, 2.75) is 13.3 Å². The van der Waals surface area contributed by atoms with Crippen molar-refractivity contribution in [2.75, 3.05) is 5.32 Å². The van der Waals surface area contributed by atoms with E-state index >= 15 is 0 Å². The summed E-state index contributed by atoms with van der Waals surface area (Å²) in [6, 6.07) is 22.9. The molecule has 1 amide bonds. The van der Waals surface area contributed by atoms with Crippen LogP contribution in [-0.4, -0.2) is 10.9 Å². The fraction of sp³-hybridized carbons (Fsp3) is 0.0833. The maximum Gasteiger partial charge on any atom is 0.291 e. The second-order valence-corrected chi connectivity index (χ2v) is 7.06. The molecule has 3 aromatic carbocycles. The fourth-order valence-electron chi connectivity index (χ4n) is 3.33. The summed E-state index contributed by atoms with van der Waals surface area (Å²) in [7, 11) is 0. The summed E-state index contributed by atoms with van der Waals surface area (Å²) in [6.07, 6.45) is 0.589. The number of amides is 1. The van der Waals surface area contributed by atoms with E-state index < -0.39 is 0 Å². The van der Waals surface area contributed by atoms with E-state index in [0.29, 0.717) is 23.6 Å². The van der Waals surface area contributed by atoms with Gasteiger partial charge < -0.3 is 14.2 Å². The van der Waals surface area contributed by atoms with Gasteiger partial charge in [0, 0.05) is 17.5 Å². The van der Waals surface area contributed by atoms with Gasteiger partial charge in [-0.1, -0.05) is 36.4 Å². The third-order valence-corrected chi connectivity index (χ3v) is 4.80. The molecule has 142 valence electrons. The summed E-state index contributed by atoms with van der Waals surface area (Å²) in [4.78, 5) is 17.0. The zero-order valence-electron chi connectivity index (χ0n) is 15.8. The molecule has 0 saturated heterocycles. The number of nitrogens with one attached hydrogen (secondary N) is 1. The minimum Gasteiger partial charge on any atom is -0.451 e. The topological polar surface area (TPSA) is 68.3 Å². The predicted octanol–water partition coefficient (Wildman–Crippen LogP) is 5.73. The third kappa shape index (κ3) is 3.50. The SMILES string of the molecule is Cc1ccc2oc(Cc3ccc(NC(=O)c4cc5ccccc5o4)cc3)nc2c1. The van der Waals surface area contributed by atoms with Gasteiger partial charge in [0.1, 0.15) is 11.1 Å². The molecule has 2 heterocycles. The molecule has 5 aromatic rings. The standard InChI is InChI=1S/C24H18N2O3/c1-15-6-11-21-19(12-15)26-23(29-21)13-16-7-9-18(10-8-16)25-24(27)22-14-17-4-2-3-5-20(17)28-22/h2-12,14H,13H2,1H3,(H,25,27). The Labute approximate surface area is 167 Å². The van der Waals surface area contributed by atoms with E-state index in [1.807, 2.05) is 73.7 Å². The van der Waals surface area contributed by atoms with Crippen LogP contribution in [0.1, 0.15) is 27.6 Å². The summed E-state index contributed by atoms with van der Waals surface area (Å²) in [5.74, 6) is 0.685. The third-order valence-electron chi connectivity index (χ3n) is 4.80. The highest BCUT2D eigenvalue weighted by Crippen LogP contribution is 2.22. The van der Waals surface area contributed by atoms with Crippen molar-refractivity contribution >= 4 is 33.7 Å². The number of aryl methyl sites for hydroxylation is 1. The molecule has 0 aliphatic heterocycles. The number of aromatic nitrogens is 1. The van der Waals surface area contributed by atoms with Gasteiger partial charge in [-0.3, -0.25) is 4.79 Å². The average molecular weight is 382 g/mol. The van der Waals surface area contributed by atoms with E-state index in [1.165, 1.54) is 0 Å². The van der Waals surface area contributed by atoms with Crippen molar-refractivity contribution in [2.24, 2.45) is 0 Å². The molecule has 0 aliphatic rings. The summed E-state index contributed by atoms with van der Waals surface area (Å²) in [5, 5.41) is 3.77. The second kappa shape index (κ2) is 6.95. The first-order chi connectivity index (χ1) is 14.1. The van der Waals surface area contributed by atoms with Gasteiger partial charge in [-0.25, -0.2) is 4.98 Å². The molecule has 2 aromatic heterocycles. The molecular weight excluding hydrogens is 364 g/mol. The Kier molecular flexibility index (Phi) is 4.13. The molecule has 5 rings (SSSR count). The van der Waals surface area contributed by atoms with Gasteiger partial charge in [0.15, 0.2) is 17.2 Å². The number of benzene rings is 3. The average Bonchev–Trinajstić information content (AvgIpc) is 3.32. The van der Waals surface area contributed by atoms with Crippen LogP contribution in [0.2, 0.25) is 0 Å². The van der Waals surface area contributed by atoms with Crippen LogP contribution in [0.25, 0.3) is 22.1 Å². The number of para-hydroxylation sites is 1. The van der Waals surface area contributed by atoms with Crippen LogP contribution in [0.5, 0.6) is 0 Å². The lowest BCUT2D eigenvalue weighted by atomic mass is 10.1. The molecule has 0 fully saturated rings. The van der Waals surface area contributed by atoms with Gasteiger partial charge in [0.25, 0.3) is 5.91 Å². The molecule has 0 atom stereocenters. The van der Waals surface area contributed by atoms with Crippen molar-refractivity contribution in [3.05, 3.63) is 95.6 Å². The number of carbonyl (C=O) groups excluding carboxylic acids is 1. The Balaban J connectivity index is 1.29. The predicted molar refractivity (Wildman–Crippen MR) is 112 cm³/mol. The Morgan fingerprint density at radius 2 is 1.76 bits per heavy atom. The van der Waals surface area contributed by atoms with Crippen LogP contribution in [0.3, 0.4) is 0 Å². The van der Waals surface area contributed by atoms with Crippen LogP contribution in [0, 0.1) is 6.92 Å². The molecular formula is C24H18N2O3. The second-order valence-electron chi connectivity index (χ2n) is 7.06. The number of fused-ring (bicyclic) bond motifs is 2. The fourth-order valence-corrected chi connectivity index (χ4v) is 3.33. The minimum atomic E-state index is -0.275. The van der Waals surface area contributed by atoms with Crippen molar-refractivity contribution in [1.82, 2.24) is 4.98 Å². The van der Waals surface area contributed by atoms with Crippen LogP contribution >= 0.6 is 0 Å². The van der Waals surface area contributed by atoms with Gasteiger partial charge in [-0.15, -0.1) is 0 Å². The lowest BCUT2D eigenvalue weighted by Crippen LogP contribution is -2.10. The number of oxazole rings is 1. The smallest absolute Gasteiger partial charge is 0.291 e. The molecule has 0 saturated carbocycles. The summed E-state index contributed by atoms with van der Waals surface area (Å²) >= 11 is 0. The number of carbonyl (C=O) groups is 1. The zero-order valence-corrected chi connectivity index (χ0v) is 15.8. The first-order valence-corrected chi connectivity index (χ1v) is 9.39. The maximum absolute atomic E-state index is 12.5. The molecule has 5 heteroatoms. The number of rotatable bonds is 4. The van der Waals surface area contributed by atoms with Crippen molar-refractivity contribution in [3.63, 3.8) is 0 Å². The van der Waals surface area contributed by atoms with E-state index in [2.05, 4.69) is 10.3 Å². The van der Waals surface area contributed by atoms with E-state index in [1.54, 1.807) is 6.07 Å². The van der Waals surface area contributed by atoms with Crippen LogP contribution in [0.15, 0.2) is 81.6 Å². The Bertz CT molecular complexity index is 1300. The lowest BCUT2D eigenvalue weighted by Gasteiger charge is -2.04. The van der Waals surface area contributed by atoms with Crippen molar-refractivity contribution in [1.29, 1.82) is 0 Å². The first kappa shape index (κ1) is 17.3. The number of furan rings is 1. The highest BCUT2D eigenvalue weighted by Gasteiger charge is 2.12. The summed E-state index contributed by atoms with van der Waals surface area (Å²) in [6.45, 7) is 2.03. The van der Waals surface area contributed by atoms with Crippen LogP contribution < -0.4 is 5.32 Å². The first-order valence-electron chi connectivity index (χ1n) is 9.39. The molecule has 5 nitrogen and oxygen atoms in total. The van der Waals surface area contributed by atoms with E-state index in [9.17, 15) is 4.79 Å². The Hall–Kier alpha value is -3.86. The van der Waals surface area contributed by atoms with Gasteiger partial charge in [-0.05, 0) is 54.4 Å². The normalized spacial score (nSPS) is 11.2. The van der Waals surface area contributed by atoms with Crippen LogP contribution in [-0.2, 0) is 6.42 Å². The molecule has 0 unspecified atom stereocenters. The lowest BCUT2D eigenvalue weighted by molar-refractivity contribution is 0.0998. The largest absolute Gasteiger partial charge is 0.451 e. The summed E-state index contributed by atoms with van der Waals surface area (Å²) < 4.78 is 11.4. The Morgan fingerprint density at radius 3 is 2.59 bits per heavy atom. The Morgan fingerprint density at radius 1 is 0.931 bits per heavy atom. The number of hydrogen-bond acceptors (Lipinski definition) is 4. The summed E-state index contributed by atoms with van der Waals surface area (Å²) in [5.41, 5.74) is 5.26. The van der Waals surface area contributed by atoms with Crippen LogP contribution in [0.4, 0.5) is 5.69 Å². The highest BCUT2D eigenvalue weighted by molar-refractivity contribution is 6.04. The minimum absolute atomic E-state index is 0.275. The van der Waals surface area contributed by atoms with Gasteiger partial charge in [0.05, 0.1) is 0 Å². The number of hydrogen-bond donors (Lipinski definition) is 1. The molecule has 0 aliphatic carbocycles. The number of anilines is 1. The molecule has 1 N–H and O–H groups in total. The molecule has 0 bridgehead atoms. The maximum atomic E-state index is 12.5. The molecule has 0 spiro atoms.